The Bertz CT molecular complexity index is 1340. The van der Waals surface area contributed by atoms with E-state index < -0.39 is 17.0 Å². The van der Waals surface area contributed by atoms with Gasteiger partial charge in [-0.2, -0.15) is 0 Å². The van der Waals surface area contributed by atoms with E-state index in [-0.39, 0.29) is 29.7 Å². The SMILES string of the molecule is CC(C)[C@@]12NC(=O)[C@H](C[C@]13C(=O)Nc1ccccc13)n1c2nc2ccccc2c1=O. The number of carbonyl (C=O) groups is 2. The Hall–Kier alpha value is -3.48. The number of hydrogen-bond acceptors (Lipinski definition) is 4. The van der Waals surface area contributed by atoms with E-state index >= 15 is 0 Å². The fourth-order valence-electron chi connectivity index (χ4n) is 5.90. The highest BCUT2D eigenvalue weighted by Gasteiger charge is 2.72. The topological polar surface area (TPSA) is 93.1 Å². The number of carbonyl (C=O) groups excluding carboxylic acids is 2. The van der Waals surface area contributed by atoms with Crippen LogP contribution < -0.4 is 16.2 Å². The van der Waals surface area contributed by atoms with Gasteiger partial charge in [0.2, 0.25) is 11.8 Å². The molecule has 2 bridgehead atoms. The van der Waals surface area contributed by atoms with Crippen molar-refractivity contribution in [3.8, 4) is 0 Å². The lowest BCUT2D eigenvalue weighted by Crippen LogP contribution is -2.75. The number of nitrogens with zero attached hydrogens (tertiary/aromatic N) is 2. The van der Waals surface area contributed by atoms with Crippen LogP contribution in [0.3, 0.4) is 0 Å². The average Bonchev–Trinajstić information content (AvgIpc) is 3.01. The van der Waals surface area contributed by atoms with Crippen molar-refractivity contribution in [2.24, 2.45) is 5.92 Å². The molecule has 0 aliphatic carbocycles. The van der Waals surface area contributed by atoms with Gasteiger partial charge in [-0.3, -0.25) is 19.0 Å². The van der Waals surface area contributed by atoms with Crippen LogP contribution >= 0.6 is 0 Å². The van der Waals surface area contributed by atoms with Crippen molar-refractivity contribution in [3.05, 3.63) is 70.3 Å². The molecule has 0 radical (unpaired) electrons. The van der Waals surface area contributed by atoms with Crippen molar-refractivity contribution in [1.82, 2.24) is 14.9 Å². The van der Waals surface area contributed by atoms with Crippen LogP contribution in [0.15, 0.2) is 53.3 Å². The first-order chi connectivity index (χ1) is 14.4. The number of anilines is 1. The summed E-state index contributed by atoms with van der Waals surface area (Å²) in [6.45, 7) is 3.93. The van der Waals surface area contributed by atoms with Gasteiger partial charge < -0.3 is 10.6 Å². The Kier molecular flexibility index (Phi) is 3.10. The third kappa shape index (κ3) is 1.69. The van der Waals surface area contributed by atoms with Crippen molar-refractivity contribution in [2.45, 2.75) is 37.3 Å². The lowest BCUT2D eigenvalue weighted by molar-refractivity contribution is -0.146. The van der Waals surface area contributed by atoms with Gasteiger partial charge in [0.25, 0.3) is 5.56 Å². The maximum atomic E-state index is 13.6. The molecule has 1 spiro atoms. The molecular weight excluding hydrogens is 380 g/mol. The molecule has 3 atom stereocenters. The Balaban J connectivity index is 1.79. The van der Waals surface area contributed by atoms with Gasteiger partial charge in [0.05, 0.1) is 10.9 Å². The number of fused-ring (bicyclic) bond motifs is 3. The van der Waals surface area contributed by atoms with Crippen LogP contribution in [-0.4, -0.2) is 21.4 Å². The monoisotopic (exact) mass is 400 g/mol. The van der Waals surface area contributed by atoms with E-state index in [9.17, 15) is 14.4 Å². The Morgan fingerprint density at radius 2 is 1.80 bits per heavy atom. The van der Waals surface area contributed by atoms with Crippen molar-refractivity contribution >= 4 is 28.4 Å². The summed E-state index contributed by atoms with van der Waals surface area (Å²) in [5, 5.41) is 6.65. The molecule has 7 nitrogen and oxygen atoms in total. The summed E-state index contributed by atoms with van der Waals surface area (Å²) >= 11 is 0. The minimum Gasteiger partial charge on any atom is -0.340 e. The van der Waals surface area contributed by atoms with E-state index in [1.54, 1.807) is 18.2 Å². The molecule has 7 rings (SSSR count). The zero-order chi connectivity index (χ0) is 20.8. The second kappa shape index (κ2) is 5.36. The number of amides is 2. The van der Waals surface area contributed by atoms with Crippen LogP contribution in [0, 0.1) is 5.92 Å². The maximum absolute atomic E-state index is 13.6. The van der Waals surface area contributed by atoms with Crippen LogP contribution in [0.25, 0.3) is 10.9 Å². The molecule has 30 heavy (non-hydrogen) atoms. The molecule has 7 heteroatoms. The summed E-state index contributed by atoms with van der Waals surface area (Å²) in [5.74, 6) is -0.128. The fourth-order valence-corrected chi connectivity index (χ4v) is 5.90. The molecule has 4 aliphatic heterocycles. The third-order valence-corrected chi connectivity index (χ3v) is 7.16. The molecule has 150 valence electrons. The summed E-state index contributed by atoms with van der Waals surface area (Å²) in [6, 6.07) is 14.0. The maximum Gasteiger partial charge on any atom is 0.262 e. The van der Waals surface area contributed by atoms with Crippen LogP contribution in [0.5, 0.6) is 0 Å². The van der Waals surface area contributed by atoms with Gasteiger partial charge >= 0.3 is 0 Å². The minimum absolute atomic E-state index is 0.156. The van der Waals surface area contributed by atoms with Crippen LogP contribution in [0.4, 0.5) is 5.69 Å². The number of para-hydroxylation sites is 2. The number of aromatic nitrogens is 2. The van der Waals surface area contributed by atoms with E-state index in [4.69, 9.17) is 4.98 Å². The summed E-state index contributed by atoms with van der Waals surface area (Å²) in [4.78, 5) is 45.1. The quantitative estimate of drug-likeness (QED) is 0.655. The van der Waals surface area contributed by atoms with Crippen molar-refractivity contribution in [3.63, 3.8) is 0 Å². The molecule has 2 N–H and O–H groups in total. The van der Waals surface area contributed by atoms with E-state index in [2.05, 4.69) is 10.6 Å². The van der Waals surface area contributed by atoms with Gasteiger partial charge in [-0.15, -0.1) is 0 Å². The van der Waals surface area contributed by atoms with Gasteiger partial charge in [0.1, 0.15) is 22.8 Å². The highest BCUT2D eigenvalue weighted by Crippen LogP contribution is 2.60. The van der Waals surface area contributed by atoms with Crippen molar-refractivity contribution in [1.29, 1.82) is 0 Å². The molecule has 1 fully saturated rings. The molecule has 0 saturated carbocycles. The van der Waals surface area contributed by atoms with Gasteiger partial charge in [0.15, 0.2) is 0 Å². The summed E-state index contributed by atoms with van der Waals surface area (Å²) in [6.07, 6.45) is 0.229. The van der Waals surface area contributed by atoms with Crippen LogP contribution in [0.2, 0.25) is 0 Å². The van der Waals surface area contributed by atoms with Gasteiger partial charge in [-0.05, 0) is 36.1 Å². The normalized spacial score (nSPS) is 28.6. The molecule has 0 unspecified atom stereocenters. The van der Waals surface area contributed by atoms with Gasteiger partial charge in [-0.1, -0.05) is 44.2 Å². The molecule has 5 heterocycles. The first-order valence-electron chi connectivity index (χ1n) is 10.2. The highest BCUT2D eigenvalue weighted by atomic mass is 16.2. The Morgan fingerprint density at radius 3 is 2.60 bits per heavy atom. The summed E-state index contributed by atoms with van der Waals surface area (Å²) in [5.41, 5.74) is -0.238. The lowest BCUT2D eigenvalue weighted by atomic mass is 9.54. The van der Waals surface area contributed by atoms with Gasteiger partial charge in [-0.25, -0.2) is 4.98 Å². The molecule has 1 saturated heterocycles. The molecule has 1 aromatic heterocycles. The number of nitrogens with one attached hydrogen (secondary N) is 2. The molecule has 2 amide bonds. The Morgan fingerprint density at radius 1 is 1.07 bits per heavy atom. The number of benzene rings is 2. The van der Waals surface area contributed by atoms with Gasteiger partial charge in [0, 0.05) is 5.69 Å². The summed E-state index contributed by atoms with van der Waals surface area (Å²) in [7, 11) is 0. The first kappa shape index (κ1) is 17.4. The first-order valence-corrected chi connectivity index (χ1v) is 10.2. The van der Waals surface area contributed by atoms with E-state index in [1.807, 2.05) is 44.2 Å². The van der Waals surface area contributed by atoms with E-state index in [0.29, 0.717) is 16.7 Å². The van der Waals surface area contributed by atoms with Crippen molar-refractivity contribution < 1.29 is 9.59 Å². The smallest absolute Gasteiger partial charge is 0.262 e. The highest BCUT2D eigenvalue weighted by molar-refractivity contribution is 6.09. The standard InChI is InChI=1S/C23H20N4O3/c1-12(2)23-20-24-15-9-5-3-7-13(15)19(29)27(20)17(18(28)26-23)11-22(23)14-8-4-6-10-16(14)25-21(22)30/h3-10,12,17H,11H2,1-2H3,(H,25,30)(H,26,28)/t17-,22-,23-/m0/s1. The van der Waals surface area contributed by atoms with E-state index in [0.717, 1.165) is 11.3 Å². The average molecular weight is 400 g/mol. The zero-order valence-corrected chi connectivity index (χ0v) is 16.6. The second-order valence-electron chi connectivity index (χ2n) is 8.70. The second-order valence-corrected chi connectivity index (χ2v) is 8.70. The lowest BCUT2D eigenvalue weighted by Gasteiger charge is -2.58. The molecule has 4 aliphatic rings. The van der Waals surface area contributed by atoms with Crippen LogP contribution in [-0.2, 0) is 20.5 Å². The predicted octanol–water partition coefficient (Wildman–Crippen LogP) is 2.21. The summed E-state index contributed by atoms with van der Waals surface area (Å²) < 4.78 is 1.53. The number of piperidine rings is 1. The largest absolute Gasteiger partial charge is 0.340 e. The molecular formula is C23H20N4O3. The molecule has 3 aromatic rings. The number of hydrogen-bond donors (Lipinski definition) is 2. The fraction of sp³-hybridized carbons (Fsp3) is 0.304. The van der Waals surface area contributed by atoms with E-state index in [1.165, 1.54) is 4.57 Å². The van der Waals surface area contributed by atoms with Crippen LogP contribution in [0.1, 0.15) is 37.7 Å². The zero-order valence-electron chi connectivity index (χ0n) is 16.6. The van der Waals surface area contributed by atoms with Crippen molar-refractivity contribution in [2.75, 3.05) is 5.32 Å². The Labute approximate surface area is 172 Å². The third-order valence-electron chi connectivity index (χ3n) is 7.16. The minimum atomic E-state index is -1.14. The molecule has 2 aromatic carbocycles. The predicted molar refractivity (Wildman–Crippen MR) is 111 cm³/mol. The number of rotatable bonds is 1.